The Morgan fingerprint density at radius 3 is 1.33 bits per heavy atom. The van der Waals surface area contributed by atoms with Crippen LogP contribution in [0, 0.1) is 41.5 Å². The first-order valence-electron chi connectivity index (χ1n) is 8.85. The molecule has 0 bridgehead atoms. The van der Waals surface area contributed by atoms with E-state index in [0.717, 1.165) is 0 Å². The predicted molar refractivity (Wildman–Crippen MR) is 106 cm³/mol. The van der Waals surface area contributed by atoms with Gasteiger partial charge in [0.05, 0.1) is 11.0 Å². The fourth-order valence-electron chi connectivity index (χ4n) is 3.87. The Bertz CT molecular complexity index is 913. The number of hydrogen-bond acceptors (Lipinski definition) is 1. The third kappa shape index (κ3) is 2.33. The van der Waals surface area contributed by atoms with Crippen molar-refractivity contribution in [2.45, 2.75) is 67.7 Å². The van der Waals surface area contributed by atoms with Gasteiger partial charge in [-0.25, -0.2) is 4.98 Å². The summed E-state index contributed by atoms with van der Waals surface area (Å²) in [5, 5.41) is 2.64. The molecule has 0 amide bonds. The summed E-state index contributed by atoms with van der Waals surface area (Å²) in [6.45, 7) is 20.2. The number of benzene rings is 2. The quantitative estimate of drug-likeness (QED) is 0.429. The largest absolute Gasteiger partial charge is 0.247 e. The van der Waals surface area contributed by atoms with Gasteiger partial charge in [0, 0.05) is 10.8 Å². The molecule has 126 valence electrons. The van der Waals surface area contributed by atoms with Gasteiger partial charge in [-0.15, -0.1) is 0 Å². The number of aryl methyl sites for hydroxylation is 4. The van der Waals surface area contributed by atoms with E-state index >= 15 is 0 Å². The van der Waals surface area contributed by atoms with E-state index in [1.165, 1.54) is 60.8 Å². The maximum Gasteiger partial charge on any atom is 0.0744 e. The molecule has 0 fully saturated rings. The van der Waals surface area contributed by atoms with Gasteiger partial charge in [0.2, 0.25) is 0 Å². The Morgan fingerprint density at radius 1 is 0.625 bits per heavy atom. The highest BCUT2D eigenvalue weighted by atomic mass is 14.7. The zero-order valence-corrected chi connectivity index (χ0v) is 16.6. The summed E-state index contributed by atoms with van der Waals surface area (Å²) < 4.78 is 0. The normalized spacial score (nSPS) is 12.4. The van der Waals surface area contributed by atoms with Crippen LogP contribution in [-0.2, 0) is 5.41 Å². The van der Waals surface area contributed by atoms with Crippen molar-refractivity contribution in [1.29, 1.82) is 0 Å². The molecule has 0 unspecified atom stereocenters. The zero-order valence-electron chi connectivity index (χ0n) is 16.6. The molecule has 0 aliphatic heterocycles. The van der Waals surface area contributed by atoms with Gasteiger partial charge in [-0.1, -0.05) is 20.8 Å². The molecule has 0 spiro atoms. The molecule has 0 aliphatic carbocycles. The minimum absolute atomic E-state index is 0.0711. The van der Waals surface area contributed by atoms with Gasteiger partial charge in [-0.2, -0.15) is 0 Å². The fourth-order valence-corrected chi connectivity index (χ4v) is 3.87. The molecule has 2 aromatic carbocycles. The van der Waals surface area contributed by atoms with Gasteiger partial charge in [-0.05, 0) is 98.0 Å². The lowest BCUT2D eigenvalue weighted by Gasteiger charge is -2.26. The minimum Gasteiger partial charge on any atom is -0.247 e. The lowest BCUT2D eigenvalue weighted by Crippen LogP contribution is -2.14. The molecule has 0 radical (unpaired) electrons. The van der Waals surface area contributed by atoms with Gasteiger partial charge < -0.3 is 0 Å². The number of hydrogen-bond donors (Lipinski definition) is 0. The molecule has 24 heavy (non-hydrogen) atoms. The molecule has 3 rings (SSSR count). The number of pyridine rings is 1. The van der Waals surface area contributed by atoms with E-state index in [9.17, 15) is 0 Å². The van der Waals surface area contributed by atoms with Gasteiger partial charge in [0.25, 0.3) is 0 Å². The smallest absolute Gasteiger partial charge is 0.0744 e. The molecule has 0 N–H and O–H groups in total. The maximum absolute atomic E-state index is 5.15. The Kier molecular flexibility index (Phi) is 3.75. The van der Waals surface area contributed by atoms with Crippen molar-refractivity contribution in [2.75, 3.05) is 0 Å². The second-order valence-corrected chi connectivity index (χ2v) is 8.42. The van der Waals surface area contributed by atoms with Crippen molar-refractivity contribution < 1.29 is 0 Å². The molecule has 0 saturated heterocycles. The van der Waals surface area contributed by atoms with Gasteiger partial charge in [0.1, 0.15) is 0 Å². The van der Waals surface area contributed by atoms with Crippen LogP contribution in [0.15, 0.2) is 12.1 Å². The van der Waals surface area contributed by atoms with Crippen LogP contribution in [0.3, 0.4) is 0 Å². The number of rotatable bonds is 0. The first-order chi connectivity index (χ1) is 11.0. The van der Waals surface area contributed by atoms with Crippen molar-refractivity contribution in [3.63, 3.8) is 0 Å². The van der Waals surface area contributed by atoms with Crippen molar-refractivity contribution in [1.82, 2.24) is 4.98 Å². The van der Waals surface area contributed by atoms with Gasteiger partial charge in [0.15, 0.2) is 0 Å². The van der Waals surface area contributed by atoms with Crippen LogP contribution in [0.25, 0.3) is 21.8 Å². The van der Waals surface area contributed by atoms with E-state index in [0.29, 0.717) is 0 Å². The maximum atomic E-state index is 5.15. The van der Waals surface area contributed by atoms with Crippen LogP contribution >= 0.6 is 0 Å². The Balaban J connectivity index is 2.70. The molecular weight excluding hydrogens is 290 g/mol. The molecular formula is C23H29N. The molecule has 3 aromatic rings. The van der Waals surface area contributed by atoms with E-state index in [4.69, 9.17) is 4.98 Å². The molecule has 1 nitrogen and oxygen atoms in total. The van der Waals surface area contributed by atoms with Crippen LogP contribution in [-0.4, -0.2) is 4.98 Å². The van der Waals surface area contributed by atoms with E-state index in [1.54, 1.807) is 0 Å². The lowest BCUT2D eigenvalue weighted by atomic mass is 9.79. The van der Waals surface area contributed by atoms with Gasteiger partial charge >= 0.3 is 0 Å². The van der Waals surface area contributed by atoms with Crippen LogP contribution < -0.4 is 0 Å². The van der Waals surface area contributed by atoms with Crippen LogP contribution in [0.2, 0.25) is 0 Å². The molecule has 1 aromatic heterocycles. The summed E-state index contributed by atoms with van der Waals surface area (Å²) in [5.74, 6) is 0. The summed E-state index contributed by atoms with van der Waals surface area (Å²) in [4.78, 5) is 5.15. The Morgan fingerprint density at radius 2 is 1.00 bits per heavy atom. The standard InChI is InChI=1S/C23H29N/c1-12-10-18-20(23(7,8)9)19-11-13(2)15(4)17(6)22(19)24-21(18)16(5)14(12)3/h10-11H,1-9H3. The van der Waals surface area contributed by atoms with Gasteiger partial charge in [-0.3, -0.25) is 0 Å². The van der Waals surface area contributed by atoms with Crippen LogP contribution in [0.4, 0.5) is 0 Å². The first-order valence-corrected chi connectivity index (χ1v) is 8.85. The summed E-state index contributed by atoms with van der Waals surface area (Å²) in [5.41, 5.74) is 11.9. The molecule has 1 heteroatoms. The Labute approximate surface area is 146 Å². The van der Waals surface area contributed by atoms with Crippen molar-refractivity contribution in [3.8, 4) is 0 Å². The number of aromatic nitrogens is 1. The molecule has 0 aliphatic rings. The van der Waals surface area contributed by atoms with Crippen molar-refractivity contribution in [2.24, 2.45) is 0 Å². The van der Waals surface area contributed by atoms with E-state index in [2.05, 4.69) is 74.4 Å². The summed E-state index contributed by atoms with van der Waals surface area (Å²) in [7, 11) is 0. The molecule has 0 saturated carbocycles. The lowest BCUT2D eigenvalue weighted by molar-refractivity contribution is 0.601. The third-order valence-electron chi connectivity index (χ3n) is 5.76. The van der Waals surface area contributed by atoms with Crippen molar-refractivity contribution in [3.05, 3.63) is 51.1 Å². The first kappa shape index (κ1) is 17.0. The SMILES string of the molecule is Cc1cc2c(C(C)(C)C)c3cc(C)c(C)c(C)c3nc2c(C)c1C. The minimum atomic E-state index is 0.0711. The number of fused-ring (bicyclic) bond motifs is 2. The topological polar surface area (TPSA) is 12.9 Å². The second-order valence-electron chi connectivity index (χ2n) is 8.42. The summed E-state index contributed by atoms with van der Waals surface area (Å²) in [6.07, 6.45) is 0. The van der Waals surface area contributed by atoms with Crippen LogP contribution in [0.1, 0.15) is 59.7 Å². The molecule has 1 heterocycles. The fraction of sp³-hybridized carbons (Fsp3) is 0.435. The number of nitrogens with zero attached hydrogens (tertiary/aromatic N) is 1. The van der Waals surface area contributed by atoms with E-state index in [1.807, 2.05) is 0 Å². The Hall–Kier alpha value is -1.89. The van der Waals surface area contributed by atoms with E-state index in [-0.39, 0.29) is 5.41 Å². The van der Waals surface area contributed by atoms with E-state index < -0.39 is 0 Å². The van der Waals surface area contributed by atoms with Crippen LogP contribution in [0.5, 0.6) is 0 Å². The third-order valence-corrected chi connectivity index (χ3v) is 5.76. The summed E-state index contributed by atoms with van der Waals surface area (Å²) in [6, 6.07) is 4.68. The average Bonchev–Trinajstić information content (AvgIpc) is 2.48. The highest BCUT2D eigenvalue weighted by Crippen LogP contribution is 2.39. The average molecular weight is 319 g/mol. The highest BCUT2D eigenvalue weighted by Gasteiger charge is 2.24. The highest BCUT2D eigenvalue weighted by molar-refractivity contribution is 6.02. The predicted octanol–water partition coefficient (Wildman–Crippen LogP) is 6.54. The second kappa shape index (κ2) is 5.31. The molecule has 0 atom stereocenters. The van der Waals surface area contributed by atoms with Crippen molar-refractivity contribution >= 4 is 21.8 Å². The zero-order chi connectivity index (χ0) is 18.0. The monoisotopic (exact) mass is 319 g/mol. The summed E-state index contributed by atoms with van der Waals surface area (Å²) >= 11 is 0.